The van der Waals surface area contributed by atoms with Crippen LogP contribution in [0.1, 0.15) is 16.4 Å². The first-order valence-corrected chi connectivity index (χ1v) is 6.58. The Bertz CT molecular complexity index is 601. The summed E-state index contributed by atoms with van der Waals surface area (Å²) in [7, 11) is 0. The number of para-hydroxylation sites is 1. The number of hydrogen-bond donors (Lipinski definition) is 0. The minimum absolute atomic E-state index is 0. The SMILES string of the molecule is O=Cc1cc2ccccc2[n+]2c1OCC2CBr.[Br-]. The number of hydrogen-bond acceptors (Lipinski definition) is 2. The van der Waals surface area contributed by atoms with Crippen LogP contribution < -0.4 is 26.3 Å². The molecular weight excluding hydrogens is 362 g/mol. The molecule has 0 spiro atoms. The highest BCUT2D eigenvalue weighted by atomic mass is 79.9. The van der Waals surface area contributed by atoms with E-state index in [9.17, 15) is 4.79 Å². The van der Waals surface area contributed by atoms with Gasteiger partial charge in [-0.1, -0.05) is 28.1 Å². The van der Waals surface area contributed by atoms with E-state index in [4.69, 9.17) is 4.74 Å². The summed E-state index contributed by atoms with van der Waals surface area (Å²) in [6.07, 6.45) is 0.856. The number of pyridine rings is 1. The van der Waals surface area contributed by atoms with E-state index in [-0.39, 0.29) is 23.0 Å². The summed E-state index contributed by atoms with van der Waals surface area (Å²) in [5, 5.41) is 1.88. The van der Waals surface area contributed by atoms with Gasteiger partial charge in [0.1, 0.15) is 5.56 Å². The molecule has 2 heterocycles. The summed E-state index contributed by atoms with van der Waals surface area (Å²) in [6.45, 7) is 0.611. The monoisotopic (exact) mass is 371 g/mol. The predicted octanol–water partition coefficient (Wildman–Crippen LogP) is -0.728. The van der Waals surface area contributed by atoms with Crippen LogP contribution in [0.5, 0.6) is 5.88 Å². The fourth-order valence-corrected chi connectivity index (χ4v) is 2.75. The molecule has 3 rings (SSSR count). The Hall–Kier alpha value is -0.940. The minimum Gasteiger partial charge on any atom is -1.00 e. The van der Waals surface area contributed by atoms with Crippen molar-refractivity contribution in [2.75, 3.05) is 11.9 Å². The molecule has 1 aromatic heterocycles. The molecule has 1 atom stereocenters. The lowest BCUT2D eigenvalue weighted by molar-refractivity contribution is -0.675. The molecule has 18 heavy (non-hydrogen) atoms. The lowest BCUT2D eigenvalue weighted by Crippen LogP contribution is -3.00. The normalized spacial score (nSPS) is 16.8. The van der Waals surface area contributed by atoms with E-state index in [0.717, 1.165) is 22.5 Å². The molecule has 0 fully saturated rings. The van der Waals surface area contributed by atoms with Crippen molar-refractivity contribution in [2.24, 2.45) is 0 Å². The number of carbonyl (C=O) groups excluding carboxylic acids is 1. The van der Waals surface area contributed by atoms with Crippen LogP contribution in [0.15, 0.2) is 30.3 Å². The van der Waals surface area contributed by atoms with Gasteiger partial charge in [-0.25, -0.2) is 0 Å². The van der Waals surface area contributed by atoms with Crippen molar-refractivity contribution >= 4 is 33.1 Å². The summed E-state index contributed by atoms with van der Waals surface area (Å²) in [5.41, 5.74) is 1.72. The quantitative estimate of drug-likeness (QED) is 0.395. The molecule has 5 heteroatoms. The highest BCUT2D eigenvalue weighted by Crippen LogP contribution is 2.26. The van der Waals surface area contributed by atoms with E-state index >= 15 is 0 Å². The third-order valence-electron chi connectivity index (χ3n) is 3.06. The molecule has 0 aliphatic carbocycles. The van der Waals surface area contributed by atoms with E-state index in [0.29, 0.717) is 18.1 Å². The number of rotatable bonds is 2. The van der Waals surface area contributed by atoms with Crippen LogP contribution in [0.25, 0.3) is 10.9 Å². The Morgan fingerprint density at radius 1 is 1.44 bits per heavy atom. The van der Waals surface area contributed by atoms with Crippen LogP contribution in [0.3, 0.4) is 0 Å². The van der Waals surface area contributed by atoms with Crippen molar-refractivity contribution < 1.29 is 31.1 Å². The zero-order chi connectivity index (χ0) is 11.8. The van der Waals surface area contributed by atoms with Gasteiger partial charge in [0, 0.05) is 11.5 Å². The number of benzene rings is 1. The number of ether oxygens (including phenoxy) is 1. The van der Waals surface area contributed by atoms with Crippen LogP contribution >= 0.6 is 15.9 Å². The zero-order valence-corrected chi connectivity index (χ0v) is 12.6. The van der Waals surface area contributed by atoms with Gasteiger partial charge in [-0.05, 0) is 12.1 Å². The van der Waals surface area contributed by atoms with E-state index in [1.165, 1.54) is 0 Å². The van der Waals surface area contributed by atoms with Gasteiger partial charge < -0.3 is 21.7 Å². The summed E-state index contributed by atoms with van der Waals surface area (Å²) in [6, 6.07) is 10.2. The molecule has 0 saturated carbocycles. The van der Waals surface area contributed by atoms with Gasteiger partial charge in [-0.15, -0.1) is 0 Å². The Morgan fingerprint density at radius 3 is 2.94 bits per heavy atom. The lowest BCUT2D eigenvalue weighted by Gasteiger charge is -2.03. The van der Waals surface area contributed by atoms with Crippen molar-refractivity contribution in [1.82, 2.24) is 0 Å². The van der Waals surface area contributed by atoms with Gasteiger partial charge >= 0.3 is 5.88 Å². The first-order valence-electron chi connectivity index (χ1n) is 5.46. The van der Waals surface area contributed by atoms with Crippen molar-refractivity contribution in [3.8, 4) is 5.88 Å². The highest BCUT2D eigenvalue weighted by Gasteiger charge is 2.36. The fraction of sp³-hybridized carbons (Fsp3) is 0.231. The summed E-state index contributed by atoms with van der Waals surface area (Å²) in [5.74, 6) is 0.683. The van der Waals surface area contributed by atoms with E-state index < -0.39 is 0 Å². The standard InChI is InChI=1S/C13H11BrNO2.BrH/c14-6-11-8-17-13-10(7-16)5-9-3-1-2-4-12(9)15(11)13;/h1-5,7,11H,6,8H2;1H/q+1;/p-1. The van der Waals surface area contributed by atoms with Gasteiger partial charge in [0.2, 0.25) is 11.6 Å². The zero-order valence-electron chi connectivity index (χ0n) is 9.48. The van der Waals surface area contributed by atoms with Crippen molar-refractivity contribution in [2.45, 2.75) is 6.04 Å². The second-order valence-corrected chi connectivity index (χ2v) is 4.72. The first kappa shape index (κ1) is 13.5. The second-order valence-electron chi connectivity index (χ2n) is 4.07. The van der Waals surface area contributed by atoms with Crippen LogP contribution in [-0.4, -0.2) is 18.2 Å². The number of fused-ring (bicyclic) bond motifs is 3. The average molecular weight is 373 g/mol. The third kappa shape index (κ3) is 1.95. The highest BCUT2D eigenvalue weighted by molar-refractivity contribution is 9.09. The minimum atomic E-state index is 0. The molecule has 0 bridgehead atoms. The molecule has 1 aromatic carbocycles. The molecule has 0 N–H and O–H groups in total. The Morgan fingerprint density at radius 2 is 2.22 bits per heavy atom. The molecule has 1 unspecified atom stereocenters. The first-order chi connectivity index (χ1) is 8.35. The van der Waals surface area contributed by atoms with Crippen LogP contribution in [0.2, 0.25) is 0 Å². The van der Waals surface area contributed by atoms with Crippen LogP contribution in [0.4, 0.5) is 0 Å². The Balaban J connectivity index is 0.00000120. The van der Waals surface area contributed by atoms with Crippen molar-refractivity contribution in [1.29, 1.82) is 0 Å². The molecule has 0 amide bonds. The third-order valence-corrected chi connectivity index (χ3v) is 3.80. The molecule has 0 radical (unpaired) electrons. The fourth-order valence-electron chi connectivity index (χ4n) is 2.27. The van der Waals surface area contributed by atoms with Crippen molar-refractivity contribution in [3.63, 3.8) is 0 Å². The number of aromatic nitrogens is 1. The topological polar surface area (TPSA) is 30.2 Å². The summed E-state index contributed by atoms with van der Waals surface area (Å²) < 4.78 is 7.74. The Labute approximate surface area is 124 Å². The summed E-state index contributed by atoms with van der Waals surface area (Å²) >= 11 is 3.49. The van der Waals surface area contributed by atoms with Gasteiger partial charge in [0.05, 0.1) is 5.33 Å². The molecular formula is C13H11Br2NO2. The Kier molecular flexibility index (Phi) is 4.02. The van der Waals surface area contributed by atoms with E-state index in [2.05, 4.69) is 26.6 Å². The van der Waals surface area contributed by atoms with Gasteiger partial charge in [0.25, 0.3) is 0 Å². The number of carbonyl (C=O) groups is 1. The van der Waals surface area contributed by atoms with Gasteiger partial charge in [-0.3, -0.25) is 4.79 Å². The largest absolute Gasteiger partial charge is 1.00 e. The van der Waals surface area contributed by atoms with Gasteiger partial charge in [-0.2, -0.15) is 4.57 Å². The molecule has 0 saturated heterocycles. The molecule has 3 nitrogen and oxygen atoms in total. The second kappa shape index (κ2) is 5.36. The number of aldehydes is 1. The maximum Gasteiger partial charge on any atom is 0.379 e. The average Bonchev–Trinajstić information content (AvgIpc) is 2.82. The van der Waals surface area contributed by atoms with Gasteiger partial charge in [0.15, 0.2) is 12.9 Å². The lowest BCUT2D eigenvalue weighted by atomic mass is 10.1. The molecule has 94 valence electrons. The van der Waals surface area contributed by atoms with Crippen LogP contribution in [-0.2, 0) is 0 Å². The van der Waals surface area contributed by atoms with Crippen molar-refractivity contribution in [3.05, 3.63) is 35.9 Å². The number of halogens is 2. The van der Waals surface area contributed by atoms with E-state index in [1.54, 1.807) is 0 Å². The number of nitrogens with zero attached hydrogens (tertiary/aromatic N) is 1. The summed E-state index contributed by atoms with van der Waals surface area (Å²) in [4.78, 5) is 11.1. The maximum absolute atomic E-state index is 11.1. The van der Waals surface area contributed by atoms with E-state index in [1.807, 2.05) is 24.3 Å². The van der Waals surface area contributed by atoms with Crippen LogP contribution in [0, 0.1) is 0 Å². The predicted molar refractivity (Wildman–Crippen MR) is 67.9 cm³/mol. The molecule has 2 aromatic rings. The maximum atomic E-state index is 11.1. The number of alkyl halides is 1. The smallest absolute Gasteiger partial charge is 0.379 e. The molecule has 1 aliphatic heterocycles. The molecule has 1 aliphatic rings.